The first kappa shape index (κ1) is 22.1. The summed E-state index contributed by atoms with van der Waals surface area (Å²) in [6.07, 6.45) is 3.27. The summed E-state index contributed by atoms with van der Waals surface area (Å²) < 4.78 is 42.3. The Bertz CT molecular complexity index is 1210. The Hall–Kier alpha value is -2.13. The summed E-state index contributed by atoms with van der Waals surface area (Å²) in [5.74, 6) is 0. The number of halogens is 1. The molecule has 0 saturated carbocycles. The first-order valence-corrected chi connectivity index (χ1v) is 13.4. The summed E-state index contributed by atoms with van der Waals surface area (Å²) in [6.45, 7) is 1.97. The van der Waals surface area contributed by atoms with Gasteiger partial charge in [0.15, 0.2) is 5.03 Å². The fourth-order valence-electron chi connectivity index (χ4n) is 3.62. The highest BCUT2D eigenvalue weighted by atomic mass is 79.9. The van der Waals surface area contributed by atoms with Crippen LogP contribution in [0.4, 0.5) is 0 Å². The molecule has 0 spiro atoms. The number of rotatable bonds is 6. The van der Waals surface area contributed by atoms with Crippen LogP contribution in [0.2, 0.25) is 0 Å². The number of hydrogen-bond donors (Lipinski definition) is 0. The molecule has 0 saturated heterocycles. The summed E-state index contributed by atoms with van der Waals surface area (Å²) in [5, 5.41) is 0.342. The molecule has 2 heterocycles. The van der Waals surface area contributed by atoms with E-state index in [-0.39, 0.29) is 5.03 Å². The van der Waals surface area contributed by atoms with Crippen LogP contribution in [0.15, 0.2) is 99.9 Å². The molecular formula is C23H21BrN2O3S2. The highest BCUT2D eigenvalue weighted by Gasteiger charge is 2.45. The third-order valence-electron chi connectivity index (χ3n) is 5.11. The van der Waals surface area contributed by atoms with Gasteiger partial charge in [-0.1, -0.05) is 76.1 Å². The smallest absolute Gasteiger partial charge is 0.249 e. The predicted molar refractivity (Wildman–Crippen MR) is 126 cm³/mol. The van der Waals surface area contributed by atoms with Crippen molar-refractivity contribution >= 4 is 36.8 Å². The van der Waals surface area contributed by atoms with Gasteiger partial charge in [0.2, 0.25) is 0 Å². The topological polar surface area (TPSA) is 67.3 Å². The number of benzene rings is 2. The van der Waals surface area contributed by atoms with Crippen molar-refractivity contribution in [3.63, 3.8) is 0 Å². The zero-order valence-electron chi connectivity index (χ0n) is 16.8. The Balaban J connectivity index is 1.85. The van der Waals surface area contributed by atoms with Gasteiger partial charge in [0.1, 0.15) is 0 Å². The highest BCUT2D eigenvalue weighted by Crippen LogP contribution is 2.43. The molecule has 0 unspecified atom stereocenters. The van der Waals surface area contributed by atoms with E-state index in [0.717, 1.165) is 11.1 Å². The predicted octanol–water partition coefficient (Wildman–Crippen LogP) is 4.59. The summed E-state index contributed by atoms with van der Waals surface area (Å²) in [4.78, 5) is 5.28. The standard InChI is InChI=1S/C23H21BrN2O3S2/c1-17-10-12-20(13-11-17)30(27)21-15-19(16-24)26(23(21)18-7-3-2-4-8-18)31(28,29)22-9-5-6-14-25-22/h2-15,19,23H,16H2,1H3/t19-,23+,30+/m1/s1. The minimum Gasteiger partial charge on any atom is -0.249 e. The van der Waals surface area contributed by atoms with Crippen molar-refractivity contribution in [2.24, 2.45) is 0 Å². The molecule has 1 aliphatic heterocycles. The quantitative estimate of drug-likeness (QED) is 0.449. The zero-order valence-corrected chi connectivity index (χ0v) is 20.0. The maximum Gasteiger partial charge on any atom is 0.261 e. The third-order valence-corrected chi connectivity index (χ3v) is 9.07. The molecule has 8 heteroatoms. The van der Waals surface area contributed by atoms with Crippen molar-refractivity contribution < 1.29 is 12.6 Å². The number of aromatic nitrogens is 1. The molecule has 0 radical (unpaired) electrons. The van der Waals surface area contributed by atoms with E-state index < -0.39 is 32.9 Å². The second kappa shape index (κ2) is 9.16. The molecule has 1 aromatic heterocycles. The molecule has 160 valence electrons. The van der Waals surface area contributed by atoms with E-state index in [0.29, 0.717) is 15.1 Å². The van der Waals surface area contributed by atoms with Gasteiger partial charge in [0.25, 0.3) is 10.0 Å². The summed E-state index contributed by atoms with van der Waals surface area (Å²) >= 11 is 3.45. The molecule has 0 N–H and O–H groups in total. The summed E-state index contributed by atoms with van der Waals surface area (Å²) in [5.41, 5.74) is 1.83. The fourth-order valence-corrected chi connectivity index (χ4v) is 7.43. The number of sulfonamides is 1. The average molecular weight is 517 g/mol. The van der Waals surface area contributed by atoms with Gasteiger partial charge in [0.05, 0.1) is 22.9 Å². The van der Waals surface area contributed by atoms with E-state index in [4.69, 9.17) is 0 Å². The molecule has 0 fully saturated rings. The van der Waals surface area contributed by atoms with Crippen LogP contribution in [0, 0.1) is 6.92 Å². The van der Waals surface area contributed by atoms with E-state index in [2.05, 4.69) is 20.9 Å². The lowest BCUT2D eigenvalue weighted by Gasteiger charge is -2.30. The number of pyridine rings is 1. The Labute approximate surface area is 193 Å². The molecular weight excluding hydrogens is 496 g/mol. The third kappa shape index (κ3) is 4.30. The second-order valence-corrected chi connectivity index (χ2v) is 11.1. The molecule has 31 heavy (non-hydrogen) atoms. The van der Waals surface area contributed by atoms with Crippen LogP contribution in [0.1, 0.15) is 17.2 Å². The van der Waals surface area contributed by atoms with Gasteiger partial charge >= 0.3 is 0 Å². The van der Waals surface area contributed by atoms with Crippen LogP contribution in [0.3, 0.4) is 0 Å². The molecule has 4 rings (SSSR count). The maximum absolute atomic E-state index is 13.6. The lowest BCUT2D eigenvalue weighted by atomic mass is 10.1. The molecule has 2 aromatic carbocycles. The normalized spacial score (nSPS) is 20.4. The van der Waals surface area contributed by atoms with Crippen molar-refractivity contribution in [1.82, 2.24) is 9.29 Å². The van der Waals surface area contributed by atoms with Gasteiger partial charge in [-0.05, 0) is 36.8 Å². The first-order valence-electron chi connectivity index (χ1n) is 9.69. The number of hydrogen-bond acceptors (Lipinski definition) is 4. The van der Waals surface area contributed by atoms with Crippen LogP contribution in [0.25, 0.3) is 0 Å². The first-order chi connectivity index (χ1) is 14.9. The SMILES string of the molecule is Cc1ccc([S@](=O)C2=C[C@H](CBr)N(S(=O)(=O)c3ccccn3)[C@H]2c2ccccc2)cc1. The van der Waals surface area contributed by atoms with Crippen LogP contribution in [-0.4, -0.2) is 33.3 Å². The van der Waals surface area contributed by atoms with Crippen molar-refractivity contribution in [1.29, 1.82) is 0 Å². The van der Waals surface area contributed by atoms with Crippen molar-refractivity contribution in [2.75, 3.05) is 5.33 Å². The molecule has 3 aromatic rings. The van der Waals surface area contributed by atoms with Crippen LogP contribution in [0.5, 0.6) is 0 Å². The van der Waals surface area contributed by atoms with E-state index in [1.54, 1.807) is 12.1 Å². The lowest BCUT2D eigenvalue weighted by Crippen LogP contribution is -2.40. The van der Waals surface area contributed by atoms with Gasteiger partial charge in [-0.25, -0.2) is 17.6 Å². The number of alkyl halides is 1. The Morgan fingerprint density at radius 3 is 2.29 bits per heavy atom. The summed E-state index contributed by atoms with van der Waals surface area (Å²) in [6, 6.07) is 20.4. The van der Waals surface area contributed by atoms with Gasteiger partial charge < -0.3 is 0 Å². The van der Waals surface area contributed by atoms with E-state index in [1.807, 2.05) is 67.6 Å². The van der Waals surface area contributed by atoms with Crippen LogP contribution >= 0.6 is 15.9 Å². The molecule has 3 atom stereocenters. The second-order valence-electron chi connectivity index (χ2n) is 7.19. The minimum atomic E-state index is -3.95. The molecule has 5 nitrogen and oxygen atoms in total. The zero-order chi connectivity index (χ0) is 22.0. The number of nitrogens with zero attached hydrogens (tertiary/aromatic N) is 2. The maximum atomic E-state index is 13.6. The Morgan fingerprint density at radius 2 is 1.68 bits per heavy atom. The minimum absolute atomic E-state index is 0.0300. The van der Waals surface area contributed by atoms with E-state index in [1.165, 1.54) is 16.6 Å². The monoisotopic (exact) mass is 516 g/mol. The number of aryl methyl sites for hydroxylation is 1. The van der Waals surface area contributed by atoms with Crippen molar-refractivity contribution in [2.45, 2.75) is 28.9 Å². The van der Waals surface area contributed by atoms with Gasteiger partial charge in [-0.3, -0.25) is 0 Å². The van der Waals surface area contributed by atoms with Crippen molar-refractivity contribution in [3.8, 4) is 0 Å². The largest absolute Gasteiger partial charge is 0.261 e. The van der Waals surface area contributed by atoms with Gasteiger partial charge in [-0.2, -0.15) is 4.31 Å². The molecule has 0 aliphatic carbocycles. The van der Waals surface area contributed by atoms with Gasteiger partial charge in [0, 0.05) is 21.3 Å². The Morgan fingerprint density at radius 1 is 1.00 bits per heavy atom. The average Bonchev–Trinajstić information content (AvgIpc) is 3.21. The summed E-state index contributed by atoms with van der Waals surface area (Å²) in [7, 11) is -5.46. The molecule has 1 aliphatic rings. The van der Waals surface area contributed by atoms with Gasteiger partial charge in [-0.15, -0.1) is 0 Å². The van der Waals surface area contributed by atoms with E-state index in [9.17, 15) is 12.6 Å². The van der Waals surface area contributed by atoms with Crippen molar-refractivity contribution in [3.05, 3.63) is 101 Å². The molecule has 0 amide bonds. The van der Waals surface area contributed by atoms with Crippen LogP contribution < -0.4 is 0 Å². The lowest BCUT2D eigenvalue weighted by molar-refractivity contribution is 0.360. The van der Waals surface area contributed by atoms with Crippen LogP contribution in [-0.2, 0) is 20.8 Å². The highest BCUT2D eigenvalue weighted by molar-refractivity contribution is 9.09. The van der Waals surface area contributed by atoms with E-state index >= 15 is 0 Å². The Kier molecular flexibility index (Phi) is 6.52. The fraction of sp³-hybridized carbons (Fsp3) is 0.174. The molecule has 0 bridgehead atoms.